The van der Waals surface area contributed by atoms with Crippen LogP contribution >= 0.6 is 0 Å². The minimum atomic E-state index is -0.604. The number of halogens is 1. The maximum atomic E-state index is 14.3. The van der Waals surface area contributed by atoms with Crippen molar-refractivity contribution in [3.05, 3.63) is 83.1 Å². The Morgan fingerprint density at radius 2 is 1.69 bits per heavy atom. The molecule has 8 heteroatoms. The first kappa shape index (κ1) is 26.8. The first-order valence-electron chi connectivity index (χ1n) is 11.9. The Morgan fingerprint density at radius 3 is 2.33 bits per heavy atom. The molecular formula is C28H33FN2O5. The maximum absolute atomic E-state index is 14.3. The predicted molar refractivity (Wildman–Crippen MR) is 135 cm³/mol. The topological polar surface area (TPSA) is 72.2 Å². The zero-order valence-corrected chi connectivity index (χ0v) is 21.3. The van der Waals surface area contributed by atoms with E-state index < -0.39 is 11.7 Å². The van der Waals surface area contributed by atoms with Crippen LogP contribution in [0.2, 0.25) is 0 Å². The van der Waals surface area contributed by atoms with Crippen molar-refractivity contribution < 1.29 is 27.9 Å². The molecule has 0 fully saturated rings. The Bertz CT molecular complexity index is 1180. The van der Waals surface area contributed by atoms with Gasteiger partial charge in [-0.1, -0.05) is 25.1 Å². The van der Waals surface area contributed by atoms with Crippen LogP contribution in [0.1, 0.15) is 40.8 Å². The Balaban J connectivity index is 1.79. The van der Waals surface area contributed by atoms with Crippen molar-refractivity contribution in [3.8, 4) is 11.5 Å². The van der Waals surface area contributed by atoms with Crippen molar-refractivity contribution in [1.29, 1.82) is 0 Å². The predicted octanol–water partition coefficient (Wildman–Crippen LogP) is 4.87. The Labute approximate surface area is 211 Å². The summed E-state index contributed by atoms with van der Waals surface area (Å²) in [4.78, 5) is 29.6. The molecule has 1 heterocycles. The molecule has 7 nitrogen and oxygen atoms in total. The van der Waals surface area contributed by atoms with E-state index in [-0.39, 0.29) is 24.6 Å². The van der Waals surface area contributed by atoms with Crippen molar-refractivity contribution in [3.63, 3.8) is 0 Å². The Morgan fingerprint density at radius 1 is 0.944 bits per heavy atom. The van der Waals surface area contributed by atoms with Crippen LogP contribution in [0.25, 0.3) is 0 Å². The fourth-order valence-corrected chi connectivity index (χ4v) is 3.94. The molecule has 0 aliphatic rings. The molecule has 2 amide bonds. The molecule has 0 saturated heterocycles. The highest BCUT2D eigenvalue weighted by atomic mass is 19.1. The van der Waals surface area contributed by atoms with Crippen LogP contribution in [0.15, 0.2) is 59.0 Å². The molecule has 3 aromatic rings. The second kappa shape index (κ2) is 12.8. The number of rotatable bonds is 12. The van der Waals surface area contributed by atoms with Crippen LogP contribution in [-0.4, -0.2) is 55.5 Å². The van der Waals surface area contributed by atoms with Gasteiger partial charge in [0, 0.05) is 13.1 Å². The monoisotopic (exact) mass is 496 g/mol. The van der Waals surface area contributed by atoms with Crippen LogP contribution in [0, 0.1) is 12.7 Å². The van der Waals surface area contributed by atoms with Crippen molar-refractivity contribution in [2.75, 3.05) is 33.9 Å². The molecule has 1 aromatic heterocycles. The van der Waals surface area contributed by atoms with Crippen LogP contribution in [0.5, 0.6) is 11.5 Å². The van der Waals surface area contributed by atoms with Crippen molar-refractivity contribution in [2.45, 2.75) is 33.2 Å². The summed E-state index contributed by atoms with van der Waals surface area (Å²) in [5.74, 6) is 1.28. The summed E-state index contributed by atoms with van der Waals surface area (Å²) < 4.78 is 30.7. The van der Waals surface area contributed by atoms with Gasteiger partial charge < -0.3 is 23.7 Å². The number of nitrogens with zero attached hydrogens (tertiary/aromatic N) is 2. The summed E-state index contributed by atoms with van der Waals surface area (Å²) in [6, 6.07) is 15.1. The van der Waals surface area contributed by atoms with Crippen molar-refractivity contribution in [1.82, 2.24) is 9.80 Å². The molecule has 0 aliphatic heterocycles. The van der Waals surface area contributed by atoms with E-state index in [1.54, 1.807) is 25.2 Å². The lowest BCUT2D eigenvalue weighted by Gasteiger charge is -2.27. The maximum Gasteiger partial charge on any atom is 0.257 e. The summed E-state index contributed by atoms with van der Waals surface area (Å²) in [5.41, 5.74) is 0.922. The van der Waals surface area contributed by atoms with Gasteiger partial charge in [-0.3, -0.25) is 9.59 Å². The standard InChI is InChI=1S/C28H33FN2O5/c1-5-15-31(28(33)23-8-6-7-9-24(23)29)19-27(32)30(18-22-12-10-20(2)36-22)16-14-21-11-13-25(34-3)26(17-21)35-4/h6-13,17H,5,14-16,18-19H2,1-4H3. The average molecular weight is 497 g/mol. The van der Waals surface area contributed by atoms with E-state index in [2.05, 4.69) is 0 Å². The molecule has 0 N–H and O–H groups in total. The van der Waals surface area contributed by atoms with E-state index >= 15 is 0 Å². The van der Waals surface area contributed by atoms with Crippen LogP contribution in [0.3, 0.4) is 0 Å². The van der Waals surface area contributed by atoms with Gasteiger partial charge in [0.25, 0.3) is 5.91 Å². The molecule has 0 radical (unpaired) electrons. The quantitative estimate of drug-likeness (QED) is 0.358. The van der Waals surface area contributed by atoms with Crippen LogP contribution in [-0.2, 0) is 17.8 Å². The van der Waals surface area contributed by atoms with E-state index in [1.165, 1.54) is 23.1 Å². The van der Waals surface area contributed by atoms with Crippen LogP contribution < -0.4 is 9.47 Å². The van der Waals surface area contributed by atoms with E-state index in [0.29, 0.717) is 43.2 Å². The lowest BCUT2D eigenvalue weighted by Crippen LogP contribution is -2.43. The van der Waals surface area contributed by atoms with Gasteiger partial charge in [-0.15, -0.1) is 0 Å². The van der Waals surface area contributed by atoms with E-state index in [4.69, 9.17) is 13.9 Å². The number of aryl methyl sites for hydroxylation is 1. The van der Waals surface area contributed by atoms with Gasteiger partial charge in [0.1, 0.15) is 23.9 Å². The normalized spacial score (nSPS) is 10.7. The molecule has 0 aliphatic carbocycles. The second-order valence-electron chi connectivity index (χ2n) is 8.47. The highest BCUT2D eigenvalue weighted by molar-refractivity contribution is 5.96. The molecule has 0 saturated carbocycles. The van der Waals surface area contributed by atoms with E-state index in [9.17, 15) is 14.0 Å². The molecule has 0 unspecified atom stereocenters. The highest BCUT2D eigenvalue weighted by Gasteiger charge is 2.24. The second-order valence-corrected chi connectivity index (χ2v) is 8.47. The molecule has 0 atom stereocenters. The zero-order valence-electron chi connectivity index (χ0n) is 21.3. The fraction of sp³-hybridized carbons (Fsp3) is 0.357. The average Bonchev–Trinajstić information content (AvgIpc) is 3.30. The number of carbonyl (C=O) groups excluding carboxylic acids is 2. The van der Waals surface area contributed by atoms with Gasteiger partial charge in [0.2, 0.25) is 5.91 Å². The number of amides is 2. The minimum absolute atomic E-state index is 0.0442. The number of hydrogen-bond acceptors (Lipinski definition) is 5. The van der Waals surface area contributed by atoms with Crippen LogP contribution in [0.4, 0.5) is 4.39 Å². The third-order valence-electron chi connectivity index (χ3n) is 5.82. The minimum Gasteiger partial charge on any atom is -0.493 e. The number of benzene rings is 2. The smallest absolute Gasteiger partial charge is 0.257 e. The Hall–Kier alpha value is -3.81. The summed E-state index contributed by atoms with van der Waals surface area (Å²) in [5, 5.41) is 0. The summed E-state index contributed by atoms with van der Waals surface area (Å²) in [6.45, 7) is 4.58. The van der Waals surface area contributed by atoms with E-state index in [1.807, 2.05) is 44.2 Å². The molecule has 0 spiro atoms. The van der Waals surface area contributed by atoms with E-state index in [0.717, 1.165) is 11.3 Å². The number of hydrogen-bond donors (Lipinski definition) is 0. The lowest BCUT2D eigenvalue weighted by atomic mass is 10.1. The van der Waals surface area contributed by atoms with Gasteiger partial charge in [-0.25, -0.2) is 4.39 Å². The number of methoxy groups -OCH3 is 2. The molecule has 2 aromatic carbocycles. The number of carbonyl (C=O) groups is 2. The largest absolute Gasteiger partial charge is 0.493 e. The van der Waals surface area contributed by atoms with Gasteiger partial charge in [-0.05, 0) is 61.7 Å². The summed E-state index contributed by atoms with van der Waals surface area (Å²) in [7, 11) is 3.15. The number of ether oxygens (including phenoxy) is 2. The molecule has 36 heavy (non-hydrogen) atoms. The first-order valence-corrected chi connectivity index (χ1v) is 11.9. The van der Waals surface area contributed by atoms with Crippen molar-refractivity contribution in [2.24, 2.45) is 0 Å². The summed E-state index contributed by atoms with van der Waals surface area (Å²) in [6.07, 6.45) is 1.19. The third-order valence-corrected chi connectivity index (χ3v) is 5.82. The number of furan rings is 1. The van der Waals surface area contributed by atoms with Gasteiger partial charge in [-0.2, -0.15) is 0 Å². The molecule has 3 rings (SSSR count). The lowest BCUT2D eigenvalue weighted by molar-refractivity contribution is -0.132. The SMILES string of the molecule is CCCN(CC(=O)N(CCc1ccc(OC)c(OC)c1)Cc1ccc(C)o1)C(=O)c1ccccc1F. The molecule has 192 valence electrons. The van der Waals surface area contributed by atoms with Gasteiger partial charge >= 0.3 is 0 Å². The van der Waals surface area contributed by atoms with Gasteiger partial charge in [0.15, 0.2) is 11.5 Å². The highest BCUT2D eigenvalue weighted by Crippen LogP contribution is 2.28. The van der Waals surface area contributed by atoms with Crippen molar-refractivity contribution >= 4 is 11.8 Å². The molecular weight excluding hydrogens is 463 g/mol. The third kappa shape index (κ3) is 6.87. The summed E-state index contributed by atoms with van der Waals surface area (Å²) >= 11 is 0. The zero-order chi connectivity index (χ0) is 26.1. The van der Waals surface area contributed by atoms with Gasteiger partial charge in [0.05, 0.1) is 26.3 Å². The fourth-order valence-electron chi connectivity index (χ4n) is 3.94. The molecule has 0 bridgehead atoms. The Kier molecular flexibility index (Phi) is 9.50. The first-order chi connectivity index (χ1) is 17.4.